The van der Waals surface area contributed by atoms with E-state index in [2.05, 4.69) is 4.98 Å². The number of hydrogen-bond donors (Lipinski definition) is 0. The Kier molecular flexibility index (Phi) is 5.36. The molecule has 1 aromatic heterocycles. The summed E-state index contributed by atoms with van der Waals surface area (Å²) in [5.74, 6) is -0.101. The number of hydrogen-bond acceptors (Lipinski definition) is 5. The summed E-state index contributed by atoms with van der Waals surface area (Å²) in [6.07, 6.45) is 2.32. The lowest BCUT2D eigenvalue weighted by Gasteiger charge is -2.34. The van der Waals surface area contributed by atoms with Crippen LogP contribution in [0, 0.1) is 11.7 Å². The number of morpholine rings is 1. The normalized spacial score (nSPS) is 28.1. The molecule has 0 radical (unpaired) electrons. The van der Waals surface area contributed by atoms with Crippen LogP contribution in [-0.4, -0.2) is 78.2 Å². The highest BCUT2D eigenvalue weighted by Crippen LogP contribution is 2.34. The summed E-state index contributed by atoms with van der Waals surface area (Å²) in [5, 5.41) is 0. The minimum absolute atomic E-state index is 0.0425. The van der Waals surface area contributed by atoms with Crippen molar-refractivity contribution in [1.82, 2.24) is 14.8 Å². The van der Waals surface area contributed by atoms with Gasteiger partial charge in [-0.3, -0.25) is 14.6 Å². The molecule has 0 saturated carbocycles. The SMILES string of the molecule is O=C(Cc1ccc(F)cn1)N1CC[C@H]2C[C@@H](C(=O)N3CCOCC3)O[C@H]2C1. The van der Waals surface area contributed by atoms with Gasteiger partial charge < -0.3 is 19.3 Å². The largest absolute Gasteiger partial charge is 0.378 e. The monoisotopic (exact) mass is 377 g/mol. The summed E-state index contributed by atoms with van der Waals surface area (Å²) >= 11 is 0. The van der Waals surface area contributed by atoms with Crippen LogP contribution in [0.1, 0.15) is 18.5 Å². The molecule has 4 heterocycles. The lowest BCUT2D eigenvalue weighted by Crippen LogP contribution is -2.47. The Balaban J connectivity index is 1.32. The molecule has 0 aliphatic carbocycles. The van der Waals surface area contributed by atoms with Crippen molar-refractivity contribution in [3.8, 4) is 0 Å². The quantitative estimate of drug-likeness (QED) is 0.773. The van der Waals surface area contributed by atoms with Gasteiger partial charge in [0.05, 0.1) is 31.9 Å². The third kappa shape index (κ3) is 4.11. The highest BCUT2D eigenvalue weighted by molar-refractivity contribution is 5.81. The Morgan fingerprint density at radius 1 is 1.19 bits per heavy atom. The zero-order valence-electron chi connectivity index (χ0n) is 15.2. The van der Waals surface area contributed by atoms with Crippen molar-refractivity contribution in [1.29, 1.82) is 0 Å². The highest BCUT2D eigenvalue weighted by atomic mass is 19.1. The molecule has 146 valence electrons. The van der Waals surface area contributed by atoms with Gasteiger partial charge in [0, 0.05) is 31.9 Å². The number of carbonyl (C=O) groups is 2. The number of piperidine rings is 1. The molecule has 0 bridgehead atoms. The van der Waals surface area contributed by atoms with Gasteiger partial charge in [-0.2, -0.15) is 0 Å². The summed E-state index contributed by atoms with van der Waals surface area (Å²) in [7, 11) is 0. The number of fused-ring (bicyclic) bond motifs is 1. The first-order valence-electron chi connectivity index (χ1n) is 9.50. The Morgan fingerprint density at radius 3 is 2.74 bits per heavy atom. The van der Waals surface area contributed by atoms with Gasteiger partial charge >= 0.3 is 0 Å². The molecule has 0 aromatic carbocycles. The second kappa shape index (κ2) is 7.90. The van der Waals surface area contributed by atoms with Crippen LogP contribution >= 0.6 is 0 Å². The highest BCUT2D eigenvalue weighted by Gasteiger charge is 2.43. The maximum atomic E-state index is 12.9. The summed E-state index contributed by atoms with van der Waals surface area (Å²) in [5.41, 5.74) is 0.552. The number of carbonyl (C=O) groups excluding carboxylic acids is 2. The molecule has 4 rings (SSSR count). The van der Waals surface area contributed by atoms with Gasteiger partial charge in [0.25, 0.3) is 5.91 Å². The molecule has 3 saturated heterocycles. The minimum Gasteiger partial charge on any atom is -0.378 e. The molecule has 7 nitrogen and oxygen atoms in total. The smallest absolute Gasteiger partial charge is 0.251 e. The fourth-order valence-corrected chi connectivity index (χ4v) is 4.08. The minimum atomic E-state index is -0.414. The van der Waals surface area contributed by atoms with Crippen LogP contribution in [-0.2, 0) is 25.5 Å². The van der Waals surface area contributed by atoms with Gasteiger partial charge in [-0.05, 0) is 30.9 Å². The first-order chi connectivity index (χ1) is 13.1. The maximum absolute atomic E-state index is 12.9. The first-order valence-corrected chi connectivity index (χ1v) is 9.50. The lowest BCUT2D eigenvalue weighted by molar-refractivity contribution is -0.148. The van der Waals surface area contributed by atoms with Gasteiger partial charge in [0.1, 0.15) is 11.9 Å². The van der Waals surface area contributed by atoms with Crippen molar-refractivity contribution in [2.24, 2.45) is 5.92 Å². The first kappa shape index (κ1) is 18.3. The number of aromatic nitrogens is 1. The molecule has 0 unspecified atom stereocenters. The summed E-state index contributed by atoms with van der Waals surface area (Å²) < 4.78 is 24.3. The molecule has 2 amide bonds. The summed E-state index contributed by atoms with van der Waals surface area (Å²) in [6, 6.07) is 2.84. The van der Waals surface area contributed by atoms with Gasteiger partial charge in [0.2, 0.25) is 5.91 Å². The molecule has 3 atom stereocenters. The molecular formula is C19H24FN3O4. The van der Waals surface area contributed by atoms with Gasteiger partial charge in [0.15, 0.2) is 0 Å². The zero-order chi connectivity index (χ0) is 18.8. The van der Waals surface area contributed by atoms with E-state index in [-0.39, 0.29) is 24.3 Å². The van der Waals surface area contributed by atoms with E-state index >= 15 is 0 Å². The van der Waals surface area contributed by atoms with Crippen LogP contribution in [0.4, 0.5) is 4.39 Å². The Morgan fingerprint density at radius 2 is 2.00 bits per heavy atom. The Bertz CT molecular complexity index is 693. The van der Waals surface area contributed by atoms with Gasteiger partial charge in [-0.25, -0.2) is 4.39 Å². The van der Waals surface area contributed by atoms with Crippen molar-refractivity contribution in [2.75, 3.05) is 39.4 Å². The number of nitrogens with zero attached hydrogens (tertiary/aromatic N) is 3. The molecular weight excluding hydrogens is 353 g/mol. The van der Waals surface area contributed by atoms with Crippen LogP contribution in [0.3, 0.4) is 0 Å². The molecule has 1 aromatic rings. The van der Waals surface area contributed by atoms with Gasteiger partial charge in [-0.15, -0.1) is 0 Å². The van der Waals surface area contributed by atoms with Crippen molar-refractivity contribution < 1.29 is 23.5 Å². The van der Waals surface area contributed by atoms with Gasteiger partial charge in [-0.1, -0.05) is 0 Å². The third-order valence-corrected chi connectivity index (χ3v) is 5.62. The van der Waals surface area contributed by atoms with Crippen LogP contribution in [0.2, 0.25) is 0 Å². The van der Waals surface area contributed by atoms with E-state index in [1.807, 2.05) is 4.90 Å². The number of halogens is 1. The second-order valence-corrected chi connectivity index (χ2v) is 7.37. The van der Waals surface area contributed by atoms with Crippen molar-refractivity contribution in [3.05, 3.63) is 29.8 Å². The summed E-state index contributed by atoms with van der Waals surface area (Å²) in [6.45, 7) is 3.53. The molecule has 8 heteroatoms. The molecule has 3 aliphatic heterocycles. The second-order valence-electron chi connectivity index (χ2n) is 7.37. The van der Waals surface area contributed by atoms with E-state index in [1.54, 1.807) is 4.90 Å². The van der Waals surface area contributed by atoms with Crippen LogP contribution in [0.5, 0.6) is 0 Å². The van der Waals surface area contributed by atoms with E-state index in [1.165, 1.54) is 12.1 Å². The van der Waals surface area contributed by atoms with E-state index in [4.69, 9.17) is 9.47 Å². The lowest BCUT2D eigenvalue weighted by atomic mass is 9.91. The third-order valence-electron chi connectivity index (χ3n) is 5.62. The van der Waals surface area contributed by atoms with Crippen LogP contribution < -0.4 is 0 Å². The van der Waals surface area contributed by atoms with Crippen LogP contribution in [0.25, 0.3) is 0 Å². The predicted molar refractivity (Wildman–Crippen MR) is 93.3 cm³/mol. The maximum Gasteiger partial charge on any atom is 0.251 e. The molecule has 27 heavy (non-hydrogen) atoms. The molecule has 3 fully saturated rings. The van der Waals surface area contributed by atoms with E-state index in [0.29, 0.717) is 51.0 Å². The number of amides is 2. The van der Waals surface area contributed by atoms with E-state index in [9.17, 15) is 14.0 Å². The molecule has 0 spiro atoms. The average molecular weight is 377 g/mol. The Labute approximate surface area is 157 Å². The topological polar surface area (TPSA) is 72.0 Å². The molecule has 0 N–H and O–H groups in total. The Hall–Kier alpha value is -2.06. The molecule has 3 aliphatic rings. The number of pyridine rings is 1. The fourth-order valence-electron chi connectivity index (χ4n) is 4.08. The fraction of sp³-hybridized carbons (Fsp3) is 0.632. The van der Waals surface area contributed by atoms with Crippen molar-refractivity contribution >= 4 is 11.8 Å². The number of likely N-dealkylation sites (tertiary alicyclic amines) is 1. The average Bonchev–Trinajstić information content (AvgIpc) is 3.13. The van der Waals surface area contributed by atoms with Crippen molar-refractivity contribution in [3.63, 3.8) is 0 Å². The van der Waals surface area contributed by atoms with E-state index < -0.39 is 11.9 Å². The van der Waals surface area contributed by atoms with Crippen molar-refractivity contribution in [2.45, 2.75) is 31.5 Å². The van der Waals surface area contributed by atoms with E-state index in [0.717, 1.165) is 19.0 Å². The number of rotatable bonds is 3. The predicted octanol–water partition coefficient (Wildman–Crippen LogP) is 0.628. The summed E-state index contributed by atoms with van der Waals surface area (Å²) in [4.78, 5) is 32.7. The standard InChI is InChI=1S/C19H24FN3O4/c20-14-1-2-15(21-11-14)10-18(24)23-4-3-13-9-16(27-17(13)12-23)19(25)22-5-7-26-8-6-22/h1-2,11,13,16-17H,3-10,12H2/t13-,16-,17-/m0/s1. The van der Waals surface area contributed by atoms with Crippen LogP contribution in [0.15, 0.2) is 18.3 Å². The number of ether oxygens (including phenoxy) is 2. The zero-order valence-corrected chi connectivity index (χ0v) is 15.2.